The minimum absolute atomic E-state index is 0.550. The monoisotopic (exact) mass is 351 g/mol. The quantitative estimate of drug-likeness (QED) is 0.619. The third-order valence-corrected chi connectivity index (χ3v) is 4.12. The molecule has 2 N–H and O–H groups in total. The minimum Gasteiger partial charge on any atom is -0.467 e. The lowest BCUT2D eigenvalue weighted by atomic mass is 10.2. The summed E-state index contributed by atoms with van der Waals surface area (Å²) in [6.07, 6.45) is 1.66. The average molecular weight is 351 g/mol. The summed E-state index contributed by atoms with van der Waals surface area (Å²) in [7, 11) is 0. The molecule has 2 heterocycles. The molecular formula is C20H25N5O. The molecule has 0 saturated carbocycles. The van der Waals surface area contributed by atoms with Crippen molar-refractivity contribution in [2.24, 2.45) is 0 Å². The van der Waals surface area contributed by atoms with Crippen LogP contribution in [-0.4, -0.2) is 23.1 Å². The number of benzene rings is 1. The lowest BCUT2D eigenvalue weighted by molar-refractivity contribution is 0.517. The highest BCUT2D eigenvalue weighted by atomic mass is 16.3. The SMILES string of the molecule is CCN(CC)c1ccc(Nc2cc(C)nc(NCc3ccco3)n2)cc1. The molecule has 0 aliphatic rings. The van der Waals surface area contributed by atoms with Crippen LogP contribution in [0, 0.1) is 6.92 Å². The summed E-state index contributed by atoms with van der Waals surface area (Å²) in [4.78, 5) is 11.3. The molecule has 6 nitrogen and oxygen atoms in total. The first-order valence-electron chi connectivity index (χ1n) is 8.92. The molecule has 0 fully saturated rings. The third kappa shape index (κ3) is 4.53. The van der Waals surface area contributed by atoms with Crippen LogP contribution >= 0.6 is 0 Å². The van der Waals surface area contributed by atoms with Gasteiger partial charge in [-0.3, -0.25) is 0 Å². The van der Waals surface area contributed by atoms with Gasteiger partial charge in [-0.2, -0.15) is 4.98 Å². The van der Waals surface area contributed by atoms with E-state index >= 15 is 0 Å². The number of nitrogens with one attached hydrogen (secondary N) is 2. The molecular weight excluding hydrogens is 326 g/mol. The molecule has 0 amide bonds. The van der Waals surface area contributed by atoms with Crippen molar-refractivity contribution in [1.82, 2.24) is 9.97 Å². The molecule has 136 valence electrons. The summed E-state index contributed by atoms with van der Waals surface area (Å²) in [5, 5.41) is 6.54. The van der Waals surface area contributed by atoms with Crippen LogP contribution in [0.3, 0.4) is 0 Å². The van der Waals surface area contributed by atoms with Gasteiger partial charge < -0.3 is 20.0 Å². The number of hydrogen-bond donors (Lipinski definition) is 2. The van der Waals surface area contributed by atoms with Crippen molar-refractivity contribution < 1.29 is 4.42 Å². The second-order valence-corrected chi connectivity index (χ2v) is 6.00. The molecule has 2 aromatic heterocycles. The summed E-state index contributed by atoms with van der Waals surface area (Å²) in [6, 6.07) is 14.1. The molecule has 3 aromatic rings. The Balaban J connectivity index is 1.69. The van der Waals surface area contributed by atoms with Crippen LogP contribution in [0.25, 0.3) is 0 Å². The van der Waals surface area contributed by atoms with E-state index in [9.17, 15) is 0 Å². The second-order valence-electron chi connectivity index (χ2n) is 6.00. The van der Waals surface area contributed by atoms with Gasteiger partial charge in [-0.1, -0.05) is 0 Å². The maximum Gasteiger partial charge on any atom is 0.225 e. The van der Waals surface area contributed by atoms with Crippen molar-refractivity contribution >= 4 is 23.1 Å². The van der Waals surface area contributed by atoms with Crippen molar-refractivity contribution in [3.8, 4) is 0 Å². The molecule has 26 heavy (non-hydrogen) atoms. The van der Waals surface area contributed by atoms with Gasteiger partial charge in [0.05, 0.1) is 12.8 Å². The molecule has 0 unspecified atom stereocenters. The molecule has 1 aromatic carbocycles. The molecule has 0 aliphatic heterocycles. The van der Waals surface area contributed by atoms with Gasteiger partial charge in [0.15, 0.2) is 0 Å². The van der Waals surface area contributed by atoms with E-state index in [1.807, 2.05) is 25.1 Å². The van der Waals surface area contributed by atoms with E-state index < -0.39 is 0 Å². The van der Waals surface area contributed by atoms with Crippen LogP contribution in [0.2, 0.25) is 0 Å². The predicted octanol–water partition coefficient (Wildman–Crippen LogP) is 4.58. The first-order valence-corrected chi connectivity index (χ1v) is 8.92. The van der Waals surface area contributed by atoms with Gasteiger partial charge in [-0.05, 0) is 57.2 Å². The van der Waals surface area contributed by atoms with Crippen molar-refractivity contribution in [2.45, 2.75) is 27.3 Å². The van der Waals surface area contributed by atoms with Gasteiger partial charge in [0.1, 0.15) is 11.6 Å². The topological polar surface area (TPSA) is 66.2 Å². The predicted molar refractivity (Wildman–Crippen MR) is 106 cm³/mol. The van der Waals surface area contributed by atoms with Crippen molar-refractivity contribution in [3.05, 3.63) is 60.2 Å². The van der Waals surface area contributed by atoms with E-state index in [4.69, 9.17) is 4.42 Å². The first-order chi connectivity index (χ1) is 12.7. The van der Waals surface area contributed by atoms with Gasteiger partial charge in [0.2, 0.25) is 5.95 Å². The van der Waals surface area contributed by atoms with Crippen LogP contribution in [0.1, 0.15) is 25.3 Å². The van der Waals surface area contributed by atoms with Crippen molar-refractivity contribution in [2.75, 3.05) is 28.6 Å². The summed E-state index contributed by atoms with van der Waals surface area (Å²) >= 11 is 0. The minimum atomic E-state index is 0.550. The molecule has 0 aliphatic carbocycles. The van der Waals surface area contributed by atoms with E-state index in [0.717, 1.165) is 36.0 Å². The fourth-order valence-electron chi connectivity index (χ4n) is 2.78. The molecule has 6 heteroatoms. The number of aromatic nitrogens is 2. The number of furan rings is 1. The van der Waals surface area contributed by atoms with Gasteiger partial charge in [0.25, 0.3) is 0 Å². The van der Waals surface area contributed by atoms with Crippen LogP contribution in [0.4, 0.5) is 23.1 Å². The maximum atomic E-state index is 5.32. The third-order valence-electron chi connectivity index (χ3n) is 4.12. The van der Waals surface area contributed by atoms with Crippen LogP contribution in [-0.2, 0) is 6.54 Å². The fraction of sp³-hybridized carbons (Fsp3) is 0.300. The van der Waals surface area contributed by atoms with Crippen LogP contribution in [0.15, 0.2) is 53.1 Å². The van der Waals surface area contributed by atoms with Crippen LogP contribution in [0.5, 0.6) is 0 Å². The number of rotatable bonds is 8. The second kappa shape index (κ2) is 8.38. The molecule has 0 spiro atoms. The van der Waals surface area contributed by atoms with E-state index in [1.165, 1.54) is 5.69 Å². The Morgan fingerprint density at radius 1 is 1.04 bits per heavy atom. The Labute approximate surface area is 154 Å². The van der Waals surface area contributed by atoms with Gasteiger partial charge in [-0.15, -0.1) is 0 Å². The average Bonchev–Trinajstić information content (AvgIpc) is 3.16. The standard InChI is InChI=1S/C20H25N5O/c1-4-25(5-2)17-10-8-16(9-11-17)23-19-13-15(3)22-20(24-19)21-14-18-7-6-12-26-18/h6-13H,4-5,14H2,1-3H3,(H2,21,22,23,24). The largest absolute Gasteiger partial charge is 0.467 e. The molecule has 0 saturated heterocycles. The smallest absolute Gasteiger partial charge is 0.225 e. The zero-order valence-electron chi connectivity index (χ0n) is 15.5. The number of aryl methyl sites for hydroxylation is 1. The Morgan fingerprint density at radius 3 is 2.46 bits per heavy atom. The van der Waals surface area contributed by atoms with E-state index in [2.05, 4.69) is 63.6 Å². The zero-order valence-corrected chi connectivity index (χ0v) is 15.5. The van der Waals surface area contributed by atoms with Crippen LogP contribution < -0.4 is 15.5 Å². The summed E-state index contributed by atoms with van der Waals surface area (Å²) in [5.74, 6) is 2.18. The van der Waals surface area contributed by atoms with Crippen molar-refractivity contribution in [1.29, 1.82) is 0 Å². The highest BCUT2D eigenvalue weighted by Gasteiger charge is 2.05. The summed E-state index contributed by atoms with van der Waals surface area (Å²) in [6.45, 7) is 8.83. The highest BCUT2D eigenvalue weighted by Crippen LogP contribution is 2.21. The Morgan fingerprint density at radius 2 is 1.81 bits per heavy atom. The zero-order chi connectivity index (χ0) is 18.4. The Kier molecular flexibility index (Phi) is 5.73. The van der Waals surface area contributed by atoms with E-state index in [-0.39, 0.29) is 0 Å². The lowest BCUT2D eigenvalue weighted by Crippen LogP contribution is -2.21. The molecule has 0 radical (unpaired) electrons. The lowest BCUT2D eigenvalue weighted by Gasteiger charge is -2.21. The fourth-order valence-corrected chi connectivity index (χ4v) is 2.78. The number of hydrogen-bond acceptors (Lipinski definition) is 6. The number of nitrogens with zero attached hydrogens (tertiary/aromatic N) is 3. The molecule has 0 bridgehead atoms. The van der Waals surface area contributed by atoms with Gasteiger partial charge in [-0.25, -0.2) is 4.98 Å². The van der Waals surface area contributed by atoms with Gasteiger partial charge in [0, 0.05) is 36.2 Å². The molecule has 3 rings (SSSR count). The van der Waals surface area contributed by atoms with Crippen molar-refractivity contribution in [3.63, 3.8) is 0 Å². The normalized spacial score (nSPS) is 10.6. The van der Waals surface area contributed by atoms with Gasteiger partial charge >= 0.3 is 0 Å². The maximum absolute atomic E-state index is 5.32. The van der Waals surface area contributed by atoms with E-state index in [0.29, 0.717) is 12.5 Å². The first kappa shape index (κ1) is 17.8. The Bertz CT molecular complexity index is 811. The highest BCUT2D eigenvalue weighted by molar-refractivity contribution is 5.61. The summed E-state index contributed by atoms with van der Waals surface area (Å²) < 4.78 is 5.32. The summed E-state index contributed by atoms with van der Waals surface area (Å²) in [5.41, 5.74) is 3.11. The van der Waals surface area contributed by atoms with E-state index in [1.54, 1.807) is 6.26 Å². The molecule has 0 atom stereocenters. The number of anilines is 4. The Hall–Kier alpha value is -3.02.